The Morgan fingerprint density at radius 1 is 1.16 bits per heavy atom. The van der Waals surface area contributed by atoms with Crippen molar-refractivity contribution in [3.8, 4) is 0 Å². The van der Waals surface area contributed by atoms with Crippen LogP contribution in [0.2, 0.25) is 0 Å². The van der Waals surface area contributed by atoms with E-state index in [4.69, 9.17) is 5.73 Å². The van der Waals surface area contributed by atoms with Crippen molar-refractivity contribution in [1.29, 1.82) is 0 Å². The van der Waals surface area contributed by atoms with Gasteiger partial charge in [0, 0.05) is 13.1 Å². The Kier molecular flexibility index (Phi) is 5.50. The first-order chi connectivity index (χ1) is 11.7. The van der Waals surface area contributed by atoms with Crippen LogP contribution in [0.5, 0.6) is 0 Å². The SMILES string of the molecule is COC(=O)c1cc(C(=O)OC)cc(S(=O)(=O)N2CCC(C)(CN)C2)c1. The van der Waals surface area contributed by atoms with Crippen LogP contribution < -0.4 is 5.73 Å². The van der Waals surface area contributed by atoms with Gasteiger partial charge >= 0.3 is 11.9 Å². The van der Waals surface area contributed by atoms with Crippen LogP contribution in [0.15, 0.2) is 23.1 Å². The van der Waals surface area contributed by atoms with E-state index in [0.717, 1.165) is 0 Å². The van der Waals surface area contributed by atoms with Crippen molar-refractivity contribution >= 4 is 22.0 Å². The Labute approximate surface area is 146 Å². The smallest absolute Gasteiger partial charge is 0.337 e. The lowest BCUT2D eigenvalue weighted by Crippen LogP contribution is -2.34. The minimum absolute atomic E-state index is 0.0373. The van der Waals surface area contributed by atoms with Crippen molar-refractivity contribution in [1.82, 2.24) is 4.31 Å². The number of carbonyl (C=O) groups is 2. The molecule has 9 heteroatoms. The fraction of sp³-hybridized carbons (Fsp3) is 0.500. The largest absolute Gasteiger partial charge is 0.465 e. The van der Waals surface area contributed by atoms with E-state index in [0.29, 0.717) is 19.5 Å². The number of esters is 2. The highest BCUT2D eigenvalue weighted by atomic mass is 32.2. The third-order valence-corrected chi connectivity index (χ3v) is 6.23. The van der Waals surface area contributed by atoms with Crippen LogP contribution in [-0.2, 0) is 19.5 Å². The molecule has 0 saturated carbocycles. The van der Waals surface area contributed by atoms with Gasteiger partial charge in [0.25, 0.3) is 0 Å². The molecule has 2 N–H and O–H groups in total. The molecule has 1 saturated heterocycles. The molecule has 0 spiro atoms. The highest BCUT2D eigenvalue weighted by molar-refractivity contribution is 7.89. The van der Waals surface area contributed by atoms with E-state index in [2.05, 4.69) is 9.47 Å². The normalized spacial score (nSPS) is 21.1. The van der Waals surface area contributed by atoms with E-state index in [1.807, 2.05) is 6.92 Å². The van der Waals surface area contributed by atoms with Crippen LogP contribution in [0.3, 0.4) is 0 Å². The van der Waals surface area contributed by atoms with Crippen molar-refractivity contribution in [2.24, 2.45) is 11.1 Å². The number of carbonyl (C=O) groups excluding carboxylic acids is 2. The van der Waals surface area contributed by atoms with Gasteiger partial charge in [0.2, 0.25) is 10.0 Å². The van der Waals surface area contributed by atoms with E-state index in [1.165, 1.54) is 36.7 Å². The molecule has 8 nitrogen and oxygen atoms in total. The van der Waals surface area contributed by atoms with Crippen LogP contribution in [0.4, 0.5) is 0 Å². The molecule has 138 valence electrons. The molecule has 1 aromatic rings. The van der Waals surface area contributed by atoms with Gasteiger partial charge in [-0.2, -0.15) is 4.31 Å². The summed E-state index contributed by atoms with van der Waals surface area (Å²) in [5.41, 5.74) is 5.36. The van der Waals surface area contributed by atoms with Gasteiger partial charge in [0.05, 0.1) is 30.2 Å². The van der Waals surface area contributed by atoms with E-state index < -0.39 is 22.0 Å². The first-order valence-electron chi connectivity index (χ1n) is 7.69. The van der Waals surface area contributed by atoms with Gasteiger partial charge in [0.15, 0.2) is 0 Å². The molecule has 25 heavy (non-hydrogen) atoms. The minimum Gasteiger partial charge on any atom is -0.465 e. The van der Waals surface area contributed by atoms with Gasteiger partial charge in [0.1, 0.15) is 0 Å². The van der Waals surface area contributed by atoms with Gasteiger partial charge in [-0.25, -0.2) is 18.0 Å². The third kappa shape index (κ3) is 3.83. The predicted octanol–water partition coefficient (Wildman–Crippen LogP) is 0.619. The maximum absolute atomic E-state index is 12.9. The lowest BCUT2D eigenvalue weighted by atomic mass is 9.90. The van der Waals surface area contributed by atoms with E-state index in [1.54, 1.807) is 0 Å². The Morgan fingerprint density at radius 3 is 2.08 bits per heavy atom. The second-order valence-electron chi connectivity index (χ2n) is 6.33. The summed E-state index contributed by atoms with van der Waals surface area (Å²) in [6.45, 7) is 2.90. The summed E-state index contributed by atoms with van der Waals surface area (Å²) in [7, 11) is -1.54. The summed E-state index contributed by atoms with van der Waals surface area (Å²) < 4.78 is 36.5. The lowest BCUT2D eigenvalue weighted by molar-refractivity contribution is 0.0598. The number of methoxy groups -OCH3 is 2. The van der Waals surface area contributed by atoms with Crippen LogP contribution in [-0.4, -0.2) is 58.5 Å². The average molecular weight is 370 g/mol. The number of benzene rings is 1. The minimum atomic E-state index is -3.89. The molecule has 0 bridgehead atoms. The summed E-state index contributed by atoms with van der Waals surface area (Å²) in [5, 5.41) is 0. The molecule has 1 aliphatic heterocycles. The molecule has 0 amide bonds. The molecule has 1 heterocycles. The Balaban J connectivity index is 2.49. The third-order valence-electron chi connectivity index (χ3n) is 4.40. The van der Waals surface area contributed by atoms with Crippen molar-refractivity contribution in [2.75, 3.05) is 33.9 Å². The number of hydrogen-bond acceptors (Lipinski definition) is 7. The van der Waals surface area contributed by atoms with Gasteiger partial charge in [-0.15, -0.1) is 0 Å². The van der Waals surface area contributed by atoms with Crippen molar-refractivity contribution < 1.29 is 27.5 Å². The number of ether oxygens (including phenoxy) is 2. The Morgan fingerprint density at radius 2 is 1.68 bits per heavy atom. The molecular formula is C16H22N2O6S. The summed E-state index contributed by atoms with van der Waals surface area (Å²) in [4.78, 5) is 23.5. The van der Waals surface area contributed by atoms with Crippen molar-refractivity contribution in [2.45, 2.75) is 18.2 Å². The van der Waals surface area contributed by atoms with Crippen molar-refractivity contribution in [3.05, 3.63) is 29.3 Å². The Hall–Kier alpha value is -1.97. The second kappa shape index (κ2) is 7.11. The standard InChI is InChI=1S/C16H22N2O6S/c1-16(9-17)4-5-18(10-16)25(21,22)13-7-11(14(19)23-2)6-12(8-13)15(20)24-3/h6-8H,4-5,9-10,17H2,1-3H3. The maximum atomic E-state index is 12.9. The number of sulfonamides is 1. The topological polar surface area (TPSA) is 116 Å². The number of nitrogens with zero attached hydrogens (tertiary/aromatic N) is 1. The van der Waals surface area contributed by atoms with E-state index >= 15 is 0 Å². The lowest BCUT2D eigenvalue weighted by Gasteiger charge is -2.22. The molecule has 0 radical (unpaired) electrons. The molecule has 0 aromatic heterocycles. The first kappa shape index (κ1) is 19.4. The van der Waals surface area contributed by atoms with Crippen LogP contribution in [0.25, 0.3) is 0 Å². The quantitative estimate of drug-likeness (QED) is 0.755. The molecule has 1 aliphatic rings. The second-order valence-corrected chi connectivity index (χ2v) is 8.27. The van der Waals surface area contributed by atoms with Crippen LogP contribution >= 0.6 is 0 Å². The van der Waals surface area contributed by atoms with E-state index in [9.17, 15) is 18.0 Å². The maximum Gasteiger partial charge on any atom is 0.337 e. The summed E-state index contributed by atoms with van der Waals surface area (Å²) in [6, 6.07) is 3.64. The van der Waals surface area contributed by atoms with Gasteiger partial charge in [-0.05, 0) is 36.6 Å². The highest BCUT2D eigenvalue weighted by Gasteiger charge is 2.39. The molecule has 1 fully saturated rings. The van der Waals surface area contributed by atoms with Gasteiger partial charge < -0.3 is 15.2 Å². The Bertz CT molecular complexity index is 758. The zero-order chi connectivity index (χ0) is 18.8. The zero-order valence-electron chi connectivity index (χ0n) is 14.4. The zero-order valence-corrected chi connectivity index (χ0v) is 15.3. The van der Waals surface area contributed by atoms with Crippen LogP contribution in [0.1, 0.15) is 34.1 Å². The highest BCUT2D eigenvalue weighted by Crippen LogP contribution is 2.33. The van der Waals surface area contributed by atoms with Gasteiger partial charge in [-0.1, -0.05) is 6.92 Å². The first-order valence-corrected chi connectivity index (χ1v) is 9.13. The van der Waals surface area contributed by atoms with E-state index in [-0.39, 0.29) is 28.0 Å². The molecular weight excluding hydrogens is 348 g/mol. The molecule has 2 rings (SSSR count). The predicted molar refractivity (Wildman–Crippen MR) is 89.7 cm³/mol. The number of rotatable bonds is 5. The van der Waals surface area contributed by atoms with Crippen molar-refractivity contribution in [3.63, 3.8) is 0 Å². The summed E-state index contributed by atoms with van der Waals surface area (Å²) >= 11 is 0. The molecule has 1 aromatic carbocycles. The van der Waals surface area contributed by atoms with Gasteiger partial charge in [-0.3, -0.25) is 0 Å². The number of hydrogen-bond donors (Lipinski definition) is 1. The summed E-state index contributed by atoms with van der Waals surface area (Å²) in [5.74, 6) is -1.48. The average Bonchev–Trinajstić information content (AvgIpc) is 3.03. The molecule has 0 aliphatic carbocycles. The fourth-order valence-electron chi connectivity index (χ4n) is 2.72. The number of nitrogens with two attached hydrogens (primary N) is 1. The molecule has 1 atom stereocenters. The summed E-state index contributed by atoms with van der Waals surface area (Å²) in [6.07, 6.45) is 0.642. The fourth-order valence-corrected chi connectivity index (χ4v) is 4.38. The monoisotopic (exact) mass is 370 g/mol. The van der Waals surface area contributed by atoms with Crippen LogP contribution in [0, 0.1) is 5.41 Å². The molecule has 1 unspecified atom stereocenters.